The summed E-state index contributed by atoms with van der Waals surface area (Å²) in [6.45, 7) is 0.369. The molecule has 1 atom stereocenters. The number of methoxy groups -OCH3 is 1. The molecule has 0 radical (unpaired) electrons. The highest BCUT2D eigenvalue weighted by atomic mass is 35.5. The Morgan fingerprint density at radius 2 is 2.19 bits per heavy atom. The first-order valence-corrected chi connectivity index (χ1v) is 7.73. The van der Waals surface area contributed by atoms with Crippen molar-refractivity contribution in [1.29, 1.82) is 0 Å². The molecule has 0 aliphatic heterocycles. The van der Waals surface area contributed by atoms with Gasteiger partial charge in [-0.2, -0.15) is 0 Å². The third kappa shape index (κ3) is 4.70. The van der Waals surface area contributed by atoms with E-state index >= 15 is 0 Å². The second kappa shape index (κ2) is 7.98. The van der Waals surface area contributed by atoms with Crippen molar-refractivity contribution < 1.29 is 9.53 Å². The molecule has 0 spiro atoms. The van der Waals surface area contributed by atoms with Gasteiger partial charge in [-0.05, 0) is 23.6 Å². The number of ether oxygens (including phenoxy) is 1. The number of thiophene rings is 1. The zero-order valence-corrected chi connectivity index (χ0v) is 13.2. The SMILES string of the molecule is COC(CNC(=O)C=Cc1cccs1)c1ccccc1Cl. The minimum atomic E-state index is -0.266. The van der Waals surface area contributed by atoms with Gasteiger partial charge in [-0.15, -0.1) is 11.3 Å². The van der Waals surface area contributed by atoms with E-state index in [2.05, 4.69) is 5.32 Å². The van der Waals surface area contributed by atoms with E-state index in [0.717, 1.165) is 10.4 Å². The van der Waals surface area contributed by atoms with E-state index in [1.807, 2.05) is 35.7 Å². The highest BCUT2D eigenvalue weighted by Crippen LogP contribution is 2.24. The third-order valence-corrected chi connectivity index (χ3v) is 4.12. The van der Waals surface area contributed by atoms with Gasteiger partial charge in [-0.3, -0.25) is 4.79 Å². The van der Waals surface area contributed by atoms with Crippen LogP contribution in [0.3, 0.4) is 0 Å². The van der Waals surface area contributed by atoms with E-state index in [9.17, 15) is 4.79 Å². The van der Waals surface area contributed by atoms with Crippen LogP contribution in [0.4, 0.5) is 0 Å². The minimum absolute atomic E-state index is 0.155. The Balaban J connectivity index is 1.91. The fraction of sp³-hybridized carbons (Fsp3) is 0.188. The molecule has 0 saturated carbocycles. The van der Waals surface area contributed by atoms with Gasteiger partial charge in [0, 0.05) is 35.2 Å². The molecule has 0 aliphatic carbocycles. The molecule has 2 aromatic rings. The lowest BCUT2D eigenvalue weighted by Gasteiger charge is -2.17. The minimum Gasteiger partial charge on any atom is -0.375 e. The smallest absolute Gasteiger partial charge is 0.244 e. The summed E-state index contributed by atoms with van der Waals surface area (Å²) < 4.78 is 5.40. The van der Waals surface area contributed by atoms with Gasteiger partial charge in [-0.1, -0.05) is 35.9 Å². The van der Waals surface area contributed by atoms with Crippen molar-refractivity contribution in [2.24, 2.45) is 0 Å². The number of hydrogen-bond acceptors (Lipinski definition) is 3. The predicted molar refractivity (Wildman–Crippen MR) is 87.6 cm³/mol. The summed E-state index contributed by atoms with van der Waals surface area (Å²) in [4.78, 5) is 12.8. The van der Waals surface area contributed by atoms with Crippen LogP contribution in [-0.2, 0) is 9.53 Å². The average molecular weight is 322 g/mol. The van der Waals surface area contributed by atoms with Crippen molar-refractivity contribution in [3.8, 4) is 0 Å². The number of nitrogens with one attached hydrogen (secondary N) is 1. The van der Waals surface area contributed by atoms with Crippen LogP contribution in [-0.4, -0.2) is 19.6 Å². The zero-order chi connectivity index (χ0) is 15.1. The molecule has 0 fully saturated rings. The van der Waals surface area contributed by atoms with Gasteiger partial charge >= 0.3 is 0 Å². The van der Waals surface area contributed by atoms with Crippen LogP contribution in [0.15, 0.2) is 47.9 Å². The van der Waals surface area contributed by atoms with Crippen LogP contribution in [0.25, 0.3) is 6.08 Å². The molecule has 3 nitrogen and oxygen atoms in total. The van der Waals surface area contributed by atoms with Crippen molar-refractivity contribution in [2.45, 2.75) is 6.10 Å². The Hall–Kier alpha value is -1.62. The van der Waals surface area contributed by atoms with Crippen molar-refractivity contribution in [3.05, 3.63) is 63.3 Å². The number of halogens is 1. The van der Waals surface area contributed by atoms with Gasteiger partial charge in [0.1, 0.15) is 6.10 Å². The molecule has 0 bridgehead atoms. The maximum atomic E-state index is 11.8. The van der Waals surface area contributed by atoms with Crippen LogP contribution < -0.4 is 5.32 Å². The largest absolute Gasteiger partial charge is 0.375 e. The number of benzene rings is 1. The topological polar surface area (TPSA) is 38.3 Å². The number of carbonyl (C=O) groups excluding carboxylic acids is 1. The van der Waals surface area contributed by atoms with E-state index < -0.39 is 0 Å². The molecular formula is C16H16ClNO2S. The summed E-state index contributed by atoms with van der Waals surface area (Å²) >= 11 is 7.72. The zero-order valence-electron chi connectivity index (χ0n) is 11.6. The second-order valence-electron chi connectivity index (χ2n) is 4.34. The van der Waals surface area contributed by atoms with Gasteiger partial charge in [0.15, 0.2) is 0 Å². The van der Waals surface area contributed by atoms with Crippen molar-refractivity contribution >= 4 is 34.9 Å². The highest BCUT2D eigenvalue weighted by molar-refractivity contribution is 7.10. The monoisotopic (exact) mass is 321 g/mol. The fourth-order valence-electron chi connectivity index (χ4n) is 1.85. The third-order valence-electron chi connectivity index (χ3n) is 2.94. The molecular weight excluding hydrogens is 306 g/mol. The summed E-state index contributed by atoms with van der Waals surface area (Å²) in [7, 11) is 1.60. The lowest BCUT2D eigenvalue weighted by atomic mass is 10.1. The Morgan fingerprint density at radius 3 is 2.86 bits per heavy atom. The van der Waals surface area contributed by atoms with E-state index in [1.165, 1.54) is 6.08 Å². The maximum absolute atomic E-state index is 11.8. The molecule has 1 aromatic heterocycles. The Bertz CT molecular complexity index is 610. The predicted octanol–water partition coefficient (Wildman–Crippen LogP) is 3.92. The standard InChI is InChI=1S/C16H16ClNO2S/c1-20-15(13-6-2-3-7-14(13)17)11-18-16(19)9-8-12-5-4-10-21-12/h2-10,15H,11H2,1H3,(H,18,19). The van der Waals surface area contributed by atoms with Gasteiger partial charge in [0.05, 0.1) is 0 Å². The number of rotatable bonds is 6. The molecule has 0 aliphatic rings. The van der Waals surface area contributed by atoms with Gasteiger partial charge in [0.25, 0.3) is 0 Å². The summed E-state index contributed by atoms with van der Waals surface area (Å²) in [5.41, 5.74) is 0.865. The Labute approximate surface area is 133 Å². The molecule has 1 aromatic carbocycles. The van der Waals surface area contributed by atoms with E-state index in [-0.39, 0.29) is 12.0 Å². The van der Waals surface area contributed by atoms with E-state index in [0.29, 0.717) is 11.6 Å². The molecule has 2 rings (SSSR count). The molecule has 0 saturated heterocycles. The van der Waals surface area contributed by atoms with Gasteiger partial charge < -0.3 is 10.1 Å². The molecule has 1 amide bonds. The van der Waals surface area contributed by atoms with Gasteiger partial charge in [-0.25, -0.2) is 0 Å². The number of hydrogen-bond donors (Lipinski definition) is 1. The summed E-state index contributed by atoms with van der Waals surface area (Å²) in [5, 5.41) is 5.42. The van der Waals surface area contributed by atoms with Crippen LogP contribution in [0.2, 0.25) is 5.02 Å². The average Bonchev–Trinajstić information content (AvgIpc) is 3.01. The molecule has 110 valence electrons. The van der Waals surface area contributed by atoms with Crippen LogP contribution in [0.1, 0.15) is 16.5 Å². The first-order chi connectivity index (χ1) is 10.2. The van der Waals surface area contributed by atoms with Crippen LogP contribution >= 0.6 is 22.9 Å². The highest BCUT2D eigenvalue weighted by Gasteiger charge is 2.14. The number of amides is 1. The Morgan fingerprint density at radius 1 is 1.38 bits per heavy atom. The maximum Gasteiger partial charge on any atom is 0.244 e. The van der Waals surface area contributed by atoms with Crippen LogP contribution in [0, 0.1) is 0 Å². The number of carbonyl (C=O) groups is 1. The fourth-order valence-corrected chi connectivity index (χ4v) is 2.73. The van der Waals surface area contributed by atoms with Crippen molar-refractivity contribution in [3.63, 3.8) is 0 Å². The Kier molecular flexibility index (Phi) is 5.99. The quantitative estimate of drug-likeness (QED) is 0.819. The van der Waals surface area contributed by atoms with E-state index in [1.54, 1.807) is 30.6 Å². The van der Waals surface area contributed by atoms with Crippen LogP contribution in [0.5, 0.6) is 0 Å². The molecule has 1 heterocycles. The summed E-state index contributed by atoms with van der Waals surface area (Å²) in [5.74, 6) is -0.155. The van der Waals surface area contributed by atoms with E-state index in [4.69, 9.17) is 16.3 Å². The van der Waals surface area contributed by atoms with Gasteiger partial charge in [0.2, 0.25) is 5.91 Å². The second-order valence-corrected chi connectivity index (χ2v) is 5.73. The van der Waals surface area contributed by atoms with Crippen molar-refractivity contribution in [2.75, 3.05) is 13.7 Å². The molecule has 21 heavy (non-hydrogen) atoms. The molecule has 5 heteroatoms. The lowest BCUT2D eigenvalue weighted by Crippen LogP contribution is -2.27. The molecule has 1 unspecified atom stereocenters. The summed E-state index contributed by atoms with van der Waals surface area (Å²) in [6, 6.07) is 11.4. The first kappa shape index (κ1) is 15.8. The first-order valence-electron chi connectivity index (χ1n) is 6.47. The molecule has 1 N–H and O–H groups in total. The summed E-state index contributed by atoms with van der Waals surface area (Å²) in [6.07, 6.45) is 3.04. The normalized spacial score (nSPS) is 12.5. The lowest BCUT2D eigenvalue weighted by molar-refractivity contribution is -0.117. The van der Waals surface area contributed by atoms with Crippen molar-refractivity contribution in [1.82, 2.24) is 5.32 Å².